The molecule has 16 heavy (non-hydrogen) atoms. The summed E-state index contributed by atoms with van der Waals surface area (Å²) < 4.78 is 0. The molecule has 1 amide bonds. The molecule has 2 N–H and O–H groups in total. The Balaban J connectivity index is 0.00000128. The van der Waals surface area contributed by atoms with Crippen LogP contribution in [0.25, 0.3) is 0 Å². The van der Waals surface area contributed by atoms with Crippen LogP contribution in [0.2, 0.25) is 0 Å². The monoisotopic (exact) mass is 246 g/mol. The van der Waals surface area contributed by atoms with Gasteiger partial charge >= 0.3 is 0 Å². The van der Waals surface area contributed by atoms with Crippen molar-refractivity contribution in [2.24, 2.45) is 5.92 Å². The number of hydrogen-bond donors (Lipinski definition) is 2. The highest BCUT2D eigenvalue weighted by Crippen LogP contribution is 2.30. The van der Waals surface area contributed by atoms with Crippen LogP contribution in [-0.2, 0) is 4.79 Å². The zero-order valence-corrected chi connectivity index (χ0v) is 10.7. The minimum absolute atomic E-state index is 0. The second kappa shape index (κ2) is 7.13. The highest BCUT2D eigenvalue weighted by atomic mass is 35.5. The van der Waals surface area contributed by atoms with Crippen molar-refractivity contribution in [3.8, 4) is 0 Å². The SMILES string of the molecule is Cl.O=C(CCC1CCC1)NC1CCNCC1. The zero-order chi connectivity index (χ0) is 10.5. The summed E-state index contributed by atoms with van der Waals surface area (Å²) >= 11 is 0. The minimum Gasteiger partial charge on any atom is -0.353 e. The molecular weight excluding hydrogens is 224 g/mol. The van der Waals surface area contributed by atoms with Crippen molar-refractivity contribution in [1.29, 1.82) is 0 Å². The summed E-state index contributed by atoms with van der Waals surface area (Å²) in [6, 6.07) is 0.431. The van der Waals surface area contributed by atoms with Gasteiger partial charge < -0.3 is 10.6 Å². The largest absolute Gasteiger partial charge is 0.353 e. The lowest BCUT2D eigenvalue weighted by Crippen LogP contribution is -2.42. The van der Waals surface area contributed by atoms with Crippen LogP contribution in [0.4, 0.5) is 0 Å². The van der Waals surface area contributed by atoms with Crippen LogP contribution < -0.4 is 10.6 Å². The van der Waals surface area contributed by atoms with E-state index in [4.69, 9.17) is 0 Å². The Morgan fingerprint density at radius 1 is 1.19 bits per heavy atom. The summed E-state index contributed by atoms with van der Waals surface area (Å²) in [5, 5.41) is 6.45. The summed E-state index contributed by atoms with van der Waals surface area (Å²) in [5.41, 5.74) is 0. The first-order valence-electron chi connectivity index (χ1n) is 6.34. The molecule has 0 radical (unpaired) electrons. The van der Waals surface area contributed by atoms with Crippen LogP contribution in [0.3, 0.4) is 0 Å². The van der Waals surface area contributed by atoms with Gasteiger partial charge in [0.15, 0.2) is 0 Å². The predicted molar refractivity (Wildman–Crippen MR) is 67.9 cm³/mol. The average Bonchev–Trinajstić information content (AvgIpc) is 2.17. The molecule has 2 fully saturated rings. The summed E-state index contributed by atoms with van der Waals surface area (Å²) in [7, 11) is 0. The molecule has 2 aliphatic rings. The molecule has 2 rings (SSSR count). The van der Waals surface area contributed by atoms with E-state index in [1.54, 1.807) is 0 Å². The maximum atomic E-state index is 11.6. The van der Waals surface area contributed by atoms with E-state index >= 15 is 0 Å². The Morgan fingerprint density at radius 3 is 2.44 bits per heavy atom. The standard InChI is InChI=1S/C12H22N2O.ClH/c15-12(5-4-10-2-1-3-10)14-11-6-8-13-9-7-11;/h10-11,13H,1-9H2,(H,14,15);1H. The third-order valence-electron chi connectivity index (χ3n) is 3.71. The fraction of sp³-hybridized carbons (Fsp3) is 0.917. The fourth-order valence-electron chi connectivity index (χ4n) is 2.38. The van der Waals surface area contributed by atoms with Gasteiger partial charge in [-0.15, -0.1) is 12.4 Å². The smallest absolute Gasteiger partial charge is 0.220 e. The Labute approximate surface area is 104 Å². The van der Waals surface area contributed by atoms with E-state index in [1.165, 1.54) is 19.3 Å². The van der Waals surface area contributed by atoms with Gasteiger partial charge in [0.2, 0.25) is 5.91 Å². The molecule has 0 atom stereocenters. The number of amides is 1. The Bertz CT molecular complexity index is 213. The second-order valence-electron chi connectivity index (χ2n) is 4.93. The third kappa shape index (κ3) is 4.30. The lowest BCUT2D eigenvalue weighted by Gasteiger charge is -2.26. The number of carbonyl (C=O) groups excluding carboxylic acids is 1. The molecule has 0 aromatic carbocycles. The molecule has 4 heteroatoms. The number of piperidine rings is 1. The van der Waals surface area contributed by atoms with Gasteiger partial charge in [-0.1, -0.05) is 19.3 Å². The van der Waals surface area contributed by atoms with E-state index in [9.17, 15) is 4.79 Å². The molecule has 0 aromatic rings. The number of nitrogens with one attached hydrogen (secondary N) is 2. The van der Waals surface area contributed by atoms with Crippen molar-refractivity contribution in [3.05, 3.63) is 0 Å². The van der Waals surface area contributed by atoms with Crippen LogP contribution in [0.15, 0.2) is 0 Å². The molecule has 0 bridgehead atoms. The Hall–Kier alpha value is -0.280. The van der Waals surface area contributed by atoms with E-state index in [0.717, 1.165) is 44.7 Å². The van der Waals surface area contributed by atoms with Crippen molar-refractivity contribution < 1.29 is 4.79 Å². The number of hydrogen-bond acceptors (Lipinski definition) is 2. The molecule has 1 heterocycles. The fourth-order valence-corrected chi connectivity index (χ4v) is 2.38. The van der Waals surface area contributed by atoms with Gasteiger partial charge in [-0.2, -0.15) is 0 Å². The zero-order valence-electron chi connectivity index (χ0n) is 9.84. The van der Waals surface area contributed by atoms with Crippen molar-refractivity contribution in [3.63, 3.8) is 0 Å². The van der Waals surface area contributed by atoms with E-state index in [0.29, 0.717) is 6.04 Å². The van der Waals surface area contributed by atoms with E-state index in [2.05, 4.69) is 10.6 Å². The molecule has 94 valence electrons. The number of carbonyl (C=O) groups is 1. The topological polar surface area (TPSA) is 41.1 Å². The lowest BCUT2D eigenvalue weighted by atomic mass is 9.82. The van der Waals surface area contributed by atoms with Crippen molar-refractivity contribution in [2.75, 3.05) is 13.1 Å². The quantitative estimate of drug-likeness (QED) is 0.795. The van der Waals surface area contributed by atoms with Crippen molar-refractivity contribution in [1.82, 2.24) is 10.6 Å². The summed E-state index contributed by atoms with van der Waals surface area (Å²) in [6.45, 7) is 2.10. The number of rotatable bonds is 4. The molecule has 1 saturated heterocycles. The van der Waals surface area contributed by atoms with Crippen molar-refractivity contribution >= 4 is 18.3 Å². The van der Waals surface area contributed by atoms with Gasteiger partial charge in [0, 0.05) is 12.5 Å². The van der Waals surface area contributed by atoms with Crippen LogP contribution in [0.1, 0.15) is 44.9 Å². The van der Waals surface area contributed by atoms with Gasteiger partial charge in [0.05, 0.1) is 0 Å². The molecule has 1 aliphatic carbocycles. The maximum absolute atomic E-state index is 11.6. The molecule has 3 nitrogen and oxygen atoms in total. The second-order valence-corrected chi connectivity index (χ2v) is 4.93. The highest BCUT2D eigenvalue weighted by Gasteiger charge is 2.20. The molecule has 1 aliphatic heterocycles. The van der Waals surface area contributed by atoms with Crippen LogP contribution >= 0.6 is 12.4 Å². The Kier molecular flexibility index (Phi) is 6.14. The van der Waals surface area contributed by atoms with E-state index in [-0.39, 0.29) is 18.3 Å². The molecule has 1 saturated carbocycles. The first-order valence-corrected chi connectivity index (χ1v) is 6.34. The first-order chi connectivity index (χ1) is 7.34. The predicted octanol–water partition coefficient (Wildman–Crippen LogP) is 1.86. The Morgan fingerprint density at radius 2 is 1.88 bits per heavy atom. The summed E-state index contributed by atoms with van der Waals surface area (Å²) in [6.07, 6.45) is 8.11. The molecule has 0 aromatic heterocycles. The van der Waals surface area contributed by atoms with Gasteiger partial charge in [-0.3, -0.25) is 4.79 Å². The van der Waals surface area contributed by atoms with Crippen LogP contribution in [0.5, 0.6) is 0 Å². The highest BCUT2D eigenvalue weighted by molar-refractivity contribution is 5.85. The van der Waals surface area contributed by atoms with Crippen LogP contribution in [0, 0.1) is 5.92 Å². The van der Waals surface area contributed by atoms with Gasteiger partial charge in [0.25, 0.3) is 0 Å². The number of halogens is 1. The summed E-state index contributed by atoms with van der Waals surface area (Å²) in [4.78, 5) is 11.6. The average molecular weight is 247 g/mol. The molecule has 0 spiro atoms. The van der Waals surface area contributed by atoms with E-state index in [1.807, 2.05) is 0 Å². The van der Waals surface area contributed by atoms with Gasteiger partial charge in [0.1, 0.15) is 0 Å². The van der Waals surface area contributed by atoms with Crippen LogP contribution in [-0.4, -0.2) is 25.0 Å². The van der Waals surface area contributed by atoms with Crippen molar-refractivity contribution in [2.45, 2.75) is 51.0 Å². The lowest BCUT2D eigenvalue weighted by molar-refractivity contribution is -0.122. The molecule has 0 unspecified atom stereocenters. The third-order valence-corrected chi connectivity index (χ3v) is 3.71. The van der Waals surface area contributed by atoms with Gasteiger partial charge in [-0.05, 0) is 38.3 Å². The van der Waals surface area contributed by atoms with E-state index < -0.39 is 0 Å². The maximum Gasteiger partial charge on any atom is 0.220 e. The first kappa shape index (κ1) is 13.8. The summed E-state index contributed by atoms with van der Waals surface area (Å²) in [5.74, 6) is 1.12. The normalized spacial score (nSPS) is 22.0. The minimum atomic E-state index is 0. The van der Waals surface area contributed by atoms with Gasteiger partial charge in [-0.25, -0.2) is 0 Å². The molecular formula is C12H23ClN2O.